The molecule has 0 aliphatic carbocycles. The number of hydrogen-bond donors (Lipinski definition) is 3. The first-order chi connectivity index (χ1) is 7.86. The van der Waals surface area contributed by atoms with Gasteiger partial charge in [0, 0.05) is 11.1 Å². The van der Waals surface area contributed by atoms with Crippen molar-refractivity contribution in [2.45, 2.75) is 18.4 Å². The van der Waals surface area contributed by atoms with Crippen LogP contribution in [0.15, 0.2) is 18.2 Å². The van der Waals surface area contributed by atoms with Crippen LogP contribution in [0.3, 0.4) is 0 Å². The van der Waals surface area contributed by atoms with Gasteiger partial charge in [-0.2, -0.15) is 0 Å². The van der Waals surface area contributed by atoms with Crippen LogP contribution in [0.5, 0.6) is 5.75 Å². The lowest BCUT2D eigenvalue weighted by Gasteiger charge is -2.14. The van der Waals surface area contributed by atoms with Crippen molar-refractivity contribution in [3.63, 3.8) is 0 Å². The van der Waals surface area contributed by atoms with Gasteiger partial charge in [0.25, 0.3) is 0 Å². The molecule has 0 amide bonds. The van der Waals surface area contributed by atoms with E-state index in [9.17, 15) is 19.8 Å². The van der Waals surface area contributed by atoms with Crippen molar-refractivity contribution in [3.05, 3.63) is 29.3 Å². The van der Waals surface area contributed by atoms with Crippen molar-refractivity contribution >= 4 is 23.4 Å². The molecule has 2 unspecified atom stereocenters. The van der Waals surface area contributed by atoms with Crippen LogP contribution < -0.4 is 0 Å². The molecule has 0 radical (unpaired) electrons. The molecule has 0 saturated heterocycles. The quantitative estimate of drug-likeness (QED) is 0.709. The van der Waals surface area contributed by atoms with E-state index in [0.29, 0.717) is 0 Å². The summed E-state index contributed by atoms with van der Waals surface area (Å²) >= 11 is 5.76. The molecule has 0 spiro atoms. The molecule has 1 rings (SSSR count). The fourth-order valence-electron chi connectivity index (χ4n) is 1.36. The van der Waals surface area contributed by atoms with Gasteiger partial charge in [-0.25, -0.2) is 4.79 Å². The molecular weight excluding hydrogens is 248 g/mol. The number of aliphatic hydroxyl groups is 1. The van der Waals surface area contributed by atoms with Crippen LogP contribution in [0.2, 0.25) is 0 Å². The Hall–Kier alpha value is -1.59. The van der Waals surface area contributed by atoms with Crippen molar-refractivity contribution < 1.29 is 24.9 Å². The van der Waals surface area contributed by atoms with Gasteiger partial charge in [-0.3, -0.25) is 4.79 Å². The highest BCUT2D eigenvalue weighted by Crippen LogP contribution is 2.35. The Kier molecular flexibility index (Phi) is 4.09. The summed E-state index contributed by atoms with van der Waals surface area (Å²) in [7, 11) is 0. The van der Waals surface area contributed by atoms with Crippen LogP contribution in [0.1, 0.15) is 29.5 Å². The van der Waals surface area contributed by atoms with Gasteiger partial charge in [0.05, 0.1) is 0 Å². The summed E-state index contributed by atoms with van der Waals surface area (Å²) in [5, 5.41) is 26.7. The van der Waals surface area contributed by atoms with E-state index in [1.165, 1.54) is 25.1 Å². The predicted octanol–water partition coefficient (Wildman–Crippen LogP) is 1.38. The van der Waals surface area contributed by atoms with Crippen molar-refractivity contribution in [3.8, 4) is 5.75 Å². The lowest BCUT2D eigenvalue weighted by Crippen LogP contribution is -2.12. The first-order valence-corrected chi connectivity index (χ1v) is 5.17. The standard InChI is InChI=1S/C11H11ClO5/c1-5(13)8(12)6-3-2-4-7(9(6)14)10(15)11(16)17/h2-4,8,10,14-15H,1H3,(H,16,17). The van der Waals surface area contributed by atoms with Crippen LogP contribution in [0.4, 0.5) is 0 Å². The molecule has 2 atom stereocenters. The van der Waals surface area contributed by atoms with Gasteiger partial charge in [0.1, 0.15) is 11.1 Å². The molecule has 1 aromatic carbocycles. The number of Topliss-reactive ketones (excluding diaryl/α,β-unsaturated/α-hetero) is 1. The Morgan fingerprint density at radius 1 is 1.29 bits per heavy atom. The first-order valence-electron chi connectivity index (χ1n) is 4.73. The van der Waals surface area contributed by atoms with Crippen LogP contribution in [-0.4, -0.2) is 27.1 Å². The molecular formula is C11H11ClO5. The SMILES string of the molecule is CC(=O)C(Cl)c1cccc(C(O)C(=O)O)c1O. The summed E-state index contributed by atoms with van der Waals surface area (Å²) in [6.07, 6.45) is -1.86. The van der Waals surface area contributed by atoms with Crippen molar-refractivity contribution in [2.24, 2.45) is 0 Å². The minimum absolute atomic E-state index is 0.0805. The normalized spacial score (nSPS) is 14.1. The molecule has 0 aromatic heterocycles. The van der Waals surface area contributed by atoms with Crippen molar-refractivity contribution in [1.82, 2.24) is 0 Å². The highest BCUT2D eigenvalue weighted by atomic mass is 35.5. The van der Waals surface area contributed by atoms with E-state index >= 15 is 0 Å². The Balaban J connectivity index is 3.25. The number of benzene rings is 1. The van der Waals surface area contributed by atoms with E-state index in [0.717, 1.165) is 0 Å². The molecule has 0 aliphatic rings. The molecule has 1 aromatic rings. The number of aliphatic hydroxyl groups excluding tert-OH is 1. The molecule has 92 valence electrons. The number of alkyl halides is 1. The highest BCUT2D eigenvalue weighted by Gasteiger charge is 2.24. The van der Waals surface area contributed by atoms with Crippen molar-refractivity contribution in [2.75, 3.05) is 0 Å². The number of aromatic hydroxyl groups is 1. The van der Waals surface area contributed by atoms with Gasteiger partial charge in [-0.1, -0.05) is 18.2 Å². The smallest absolute Gasteiger partial charge is 0.337 e. The Morgan fingerprint density at radius 2 is 1.82 bits per heavy atom. The number of rotatable bonds is 4. The average Bonchev–Trinajstić information content (AvgIpc) is 2.27. The number of phenols is 1. The minimum atomic E-state index is -1.86. The number of ketones is 1. The second-order valence-corrected chi connectivity index (χ2v) is 3.94. The van der Waals surface area contributed by atoms with E-state index in [2.05, 4.69) is 0 Å². The second-order valence-electron chi connectivity index (χ2n) is 3.50. The van der Waals surface area contributed by atoms with E-state index in [1.807, 2.05) is 0 Å². The fourth-order valence-corrected chi connectivity index (χ4v) is 1.53. The average molecular weight is 259 g/mol. The highest BCUT2D eigenvalue weighted by molar-refractivity contribution is 6.31. The molecule has 0 bridgehead atoms. The Morgan fingerprint density at radius 3 is 2.29 bits per heavy atom. The summed E-state index contributed by atoms with van der Waals surface area (Å²) in [5.74, 6) is -2.35. The Labute approximate surface area is 102 Å². The number of carboxylic acids is 1. The van der Waals surface area contributed by atoms with Gasteiger partial charge in [-0.05, 0) is 6.92 Å². The van der Waals surface area contributed by atoms with Crippen LogP contribution in [-0.2, 0) is 9.59 Å². The third kappa shape index (κ3) is 2.75. The predicted molar refractivity (Wildman–Crippen MR) is 60.0 cm³/mol. The summed E-state index contributed by atoms with van der Waals surface area (Å²) in [5.41, 5.74) is -0.112. The van der Waals surface area contributed by atoms with Crippen LogP contribution in [0.25, 0.3) is 0 Å². The zero-order chi connectivity index (χ0) is 13.2. The largest absolute Gasteiger partial charge is 0.507 e. The number of carbonyl (C=O) groups excluding carboxylic acids is 1. The van der Waals surface area contributed by atoms with Gasteiger partial charge < -0.3 is 15.3 Å². The number of carboxylic acid groups (broad SMARTS) is 1. The number of phenolic OH excluding ortho intramolecular Hbond substituents is 1. The molecule has 5 nitrogen and oxygen atoms in total. The van der Waals surface area contributed by atoms with Gasteiger partial charge >= 0.3 is 5.97 Å². The first kappa shape index (κ1) is 13.5. The molecule has 17 heavy (non-hydrogen) atoms. The number of para-hydroxylation sites is 1. The van der Waals surface area contributed by atoms with Crippen LogP contribution >= 0.6 is 11.6 Å². The van der Waals surface area contributed by atoms with E-state index in [-0.39, 0.29) is 16.9 Å². The zero-order valence-electron chi connectivity index (χ0n) is 8.92. The minimum Gasteiger partial charge on any atom is -0.507 e. The molecule has 0 aliphatic heterocycles. The Bertz CT molecular complexity index is 419. The molecule has 0 saturated carbocycles. The summed E-state index contributed by atoms with van der Waals surface area (Å²) < 4.78 is 0. The zero-order valence-corrected chi connectivity index (χ0v) is 9.68. The van der Waals surface area contributed by atoms with E-state index < -0.39 is 23.2 Å². The maximum Gasteiger partial charge on any atom is 0.337 e. The van der Waals surface area contributed by atoms with Gasteiger partial charge in [-0.15, -0.1) is 11.6 Å². The maximum absolute atomic E-state index is 11.1. The molecule has 6 heteroatoms. The summed E-state index contributed by atoms with van der Waals surface area (Å²) in [6.45, 7) is 1.25. The third-order valence-corrected chi connectivity index (χ3v) is 2.80. The van der Waals surface area contributed by atoms with Gasteiger partial charge in [0.15, 0.2) is 11.9 Å². The summed E-state index contributed by atoms with van der Waals surface area (Å²) in [6, 6.07) is 4.06. The monoisotopic (exact) mass is 258 g/mol. The molecule has 0 fully saturated rings. The lowest BCUT2D eigenvalue weighted by atomic mass is 10.0. The summed E-state index contributed by atoms with van der Waals surface area (Å²) in [4.78, 5) is 21.7. The number of hydrogen-bond acceptors (Lipinski definition) is 4. The number of aliphatic carboxylic acids is 1. The molecule has 0 heterocycles. The topological polar surface area (TPSA) is 94.8 Å². The maximum atomic E-state index is 11.1. The third-order valence-electron chi connectivity index (χ3n) is 2.26. The molecule has 3 N–H and O–H groups in total. The lowest BCUT2D eigenvalue weighted by molar-refractivity contribution is -0.147. The van der Waals surface area contributed by atoms with Gasteiger partial charge in [0.2, 0.25) is 0 Å². The van der Waals surface area contributed by atoms with E-state index in [1.54, 1.807) is 0 Å². The van der Waals surface area contributed by atoms with Crippen LogP contribution in [0, 0.1) is 0 Å². The fraction of sp³-hybridized carbons (Fsp3) is 0.273. The van der Waals surface area contributed by atoms with E-state index in [4.69, 9.17) is 16.7 Å². The second kappa shape index (κ2) is 5.16. The van der Waals surface area contributed by atoms with Crippen molar-refractivity contribution in [1.29, 1.82) is 0 Å². The number of halogens is 1. The number of carbonyl (C=O) groups is 2.